The van der Waals surface area contributed by atoms with Gasteiger partial charge in [-0.15, -0.1) is 0 Å². The summed E-state index contributed by atoms with van der Waals surface area (Å²) >= 11 is 0. The number of amides is 1. The molecule has 0 aromatic heterocycles. The number of carbonyl (C=O) groups is 1. The van der Waals surface area contributed by atoms with E-state index in [0.717, 1.165) is 24.8 Å². The second-order valence-corrected chi connectivity index (χ2v) is 7.48. The molecule has 1 saturated carbocycles. The van der Waals surface area contributed by atoms with E-state index in [4.69, 9.17) is 10.7 Å². The number of benzene rings is 1. The third-order valence-corrected chi connectivity index (χ3v) is 5.02. The second-order valence-electron chi connectivity index (χ2n) is 4.92. The summed E-state index contributed by atoms with van der Waals surface area (Å²) in [5.41, 5.74) is 1.15. The van der Waals surface area contributed by atoms with E-state index in [2.05, 4.69) is 0 Å². The first-order chi connectivity index (χ1) is 8.80. The SMILES string of the molecule is Cc1ccc(S(=O)(=O)Cl)cc1C(=O)N(C)C1CCC1. The van der Waals surface area contributed by atoms with Gasteiger partial charge in [0.05, 0.1) is 4.90 Å². The van der Waals surface area contributed by atoms with E-state index in [-0.39, 0.29) is 16.8 Å². The molecule has 104 valence electrons. The molecule has 0 aliphatic heterocycles. The van der Waals surface area contributed by atoms with Crippen molar-refractivity contribution in [3.05, 3.63) is 29.3 Å². The summed E-state index contributed by atoms with van der Waals surface area (Å²) in [7, 11) is 3.26. The lowest BCUT2D eigenvalue weighted by Gasteiger charge is -2.35. The molecule has 0 unspecified atom stereocenters. The van der Waals surface area contributed by atoms with Crippen LogP contribution < -0.4 is 0 Å². The Balaban J connectivity index is 2.35. The number of carbonyl (C=O) groups excluding carboxylic acids is 1. The maximum Gasteiger partial charge on any atom is 0.261 e. The van der Waals surface area contributed by atoms with Gasteiger partial charge in [0.15, 0.2) is 0 Å². The van der Waals surface area contributed by atoms with Crippen molar-refractivity contribution in [1.82, 2.24) is 4.90 Å². The average molecular weight is 302 g/mol. The lowest BCUT2D eigenvalue weighted by Crippen LogP contribution is -2.41. The Labute approximate surface area is 117 Å². The normalized spacial score (nSPS) is 15.9. The lowest BCUT2D eigenvalue weighted by atomic mass is 9.91. The summed E-state index contributed by atoms with van der Waals surface area (Å²) in [4.78, 5) is 14.0. The highest BCUT2D eigenvalue weighted by atomic mass is 35.7. The Kier molecular flexibility index (Phi) is 3.87. The summed E-state index contributed by atoms with van der Waals surface area (Å²) in [6.07, 6.45) is 3.15. The fourth-order valence-electron chi connectivity index (χ4n) is 2.11. The molecule has 0 atom stereocenters. The Morgan fingerprint density at radius 3 is 2.47 bits per heavy atom. The first-order valence-corrected chi connectivity index (χ1v) is 8.44. The quantitative estimate of drug-likeness (QED) is 0.806. The van der Waals surface area contributed by atoms with E-state index in [1.54, 1.807) is 24.9 Å². The van der Waals surface area contributed by atoms with Crippen molar-refractivity contribution >= 4 is 25.6 Å². The van der Waals surface area contributed by atoms with Gasteiger partial charge in [-0.2, -0.15) is 0 Å². The van der Waals surface area contributed by atoms with Crippen LogP contribution in [0, 0.1) is 6.92 Å². The minimum Gasteiger partial charge on any atom is -0.339 e. The molecule has 0 N–H and O–H groups in total. The van der Waals surface area contributed by atoms with Gasteiger partial charge in [-0.25, -0.2) is 8.42 Å². The maximum atomic E-state index is 12.4. The summed E-state index contributed by atoms with van der Waals surface area (Å²) in [5.74, 6) is -0.149. The molecular formula is C13H16ClNO3S. The predicted octanol–water partition coefficient (Wildman–Crippen LogP) is 2.55. The summed E-state index contributed by atoms with van der Waals surface area (Å²) in [6.45, 7) is 1.78. The minimum atomic E-state index is -3.81. The van der Waals surface area contributed by atoms with Crippen molar-refractivity contribution in [2.75, 3.05) is 7.05 Å². The fourth-order valence-corrected chi connectivity index (χ4v) is 2.89. The van der Waals surface area contributed by atoms with Crippen LogP contribution in [0.2, 0.25) is 0 Å². The zero-order valence-corrected chi connectivity index (χ0v) is 12.5. The van der Waals surface area contributed by atoms with Crippen molar-refractivity contribution < 1.29 is 13.2 Å². The van der Waals surface area contributed by atoms with E-state index in [9.17, 15) is 13.2 Å². The molecule has 19 heavy (non-hydrogen) atoms. The van der Waals surface area contributed by atoms with Gasteiger partial charge in [-0.05, 0) is 43.9 Å². The maximum absolute atomic E-state index is 12.4. The van der Waals surface area contributed by atoms with Crippen molar-refractivity contribution in [2.45, 2.75) is 37.1 Å². The van der Waals surface area contributed by atoms with Gasteiger partial charge >= 0.3 is 0 Å². The van der Waals surface area contributed by atoms with Crippen molar-refractivity contribution in [1.29, 1.82) is 0 Å². The van der Waals surface area contributed by atoms with E-state index in [1.165, 1.54) is 12.1 Å². The molecule has 1 aromatic rings. The van der Waals surface area contributed by atoms with Crippen molar-refractivity contribution in [3.63, 3.8) is 0 Å². The highest BCUT2D eigenvalue weighted by Crippen LogP contribution is 2.26. The van der Waals surface area contributed by atoms with Crippen LogP contribution in [0.5, 0.6) is 0 Å². The topological polar surface area (TPSA) is 54.5 Å². The van der Waals surface area contributed by atoms with Crippen LogP contribution in [0.25, 0.3) is 0 Å². The van der Waals surface area contributed by atoms with Crippen LogP contribution in [0.1, 0.15) is 35.2 Å². The Hall–Kier alpha value is -1.07. The fraction of sp³-hybridized carbons (Fsp3) is 0.462. The van der Waals surface area contributed by atoms with Gasteiger partial charge in [0, 0.05) is 29.3 Å². The highest BCUT2D eigenvalue weighted by Gasteiger charge is 2.27. The van der Waals surface area contributed by atoms with Crippen molar-refractivity contribution in [2.24, 2.45) is 0 Å². The van der Waals surface area contributed by atoms with Gasteiger partial charge < -0.3 is 4.90 Å². The van der Waals surface area contributed by atoms with Crippen LogP contribution in [0.15, 0.2) is 23.1 Å². The first-order valence-electron chi connectivity index (χ1n) is 6.13. The number of rotatable bonds is 3. The highest BCUT2D eigenvalue weighted by molar-refractivity contribution is 8.13. The molecule has 0 heterocycles. The standard InChI is InChI=1S/C13H16ClNO3S/c1-9-6-7-11(19(14,17)18)8-12(9)13(16)15(2)10-4-3-5-10/h6-8,10H,3-5H2,1-2H3. The molecule has 1 aliphatic carbocycles. The summed E-state index contributed by atoms with van der Waals surface area (Å²) < 4.78 is 22.7. The number of aryl methyl sites for hydroxylation is 1. The Morgan fingerprint density at radius 1 is 1.37 bits per heavy atom. The summed E-state index contributed by atoms with van der Waals surface area (Å²) in [5, 5.41) is 0. The molecule has 6 heteroatoms. The van der Waals surface area contributed by atoms with Crippen LogP contribution in [-0.4, -0.2) is 32.3 Å². The van der Waals surface area contributed by atoms with Gasteiger partial charge in [0.25, 0.3) is 15.0 Å². The average Bonchev–Trinajstić information content (AvgIpc) is 2.24. The van der Waals surface area contributed by atoms with E-state index >= 15 is 0 Å². The van der Waals surface area contributed by atoms with Crippen molar-refractivity contribution in [3.8, 4) is 0 Å². The second kappa shape index (κ2) is 5.13. The Bertz CT molecular complexity index is 608. The molecule has 4 nitrogen and oxygen atoms in total. The largest absolute Gasteiger partial charge is 0.339 e. The molecule has 0 saturated heterocycles. The third kappa shape index (κ3) is 2.92. The first kappa shape index (κ1) is 14.3. The number of halogens is 1. The van der Waals surface area contributed by atoms with Crippen LogP contribution >= 0.6 is 10.7 Å². The molecular weight excluding hydrogens is 286 g/mol. The van der Waals surface area contributed by atoms with Crippen LogP contribution in [0.4, 0.5) is 0 Å². The number of nitrogens with zero attached hydrogens (tertiary/aromatic N) is 1. The smallest absolute Gasteiger partial charge is 0.261 e. The molecule has 1 aromatic carbocycles. The molecule has 1 fully saturated rings. The number of hydrogen-bond donors (Lipinski definition) is 0. The zero-order chi connectivity index (χ0) is 14.2. The van der Waals surface area contributed by atoms with Gasteiger partial charge in [-0.1, -0.05) is 6.07 Å². The van der Waals surface area contributed by atoms with Crippen LogP contribution in [0.3, 0.4) is 0 Å². The van der Waals surface area contributed by atoms with Gasteiger partial charge in [-0.3, -0.25) is 4.79 Å². The molecule has 0 radical (unpaired) electrons. The number of hydrogen-bond acceptors (Lipinski definition) is 3. The third-order valence-electron chi connectivity index (χ3n) is 3.66. The van der Waals surface area contributed by atoms with E-state index < -0.39 is 9.05 Å². The van der Waals surface area contributed by atoms with E-state index in [0.29, 0.717) is 5.56 Å². The minimum absolute atomic E-state index is 0.0369. The monoisotopic (exact) mass is 301 g/mol. The Morgan fingerprint density at radius 2 is 2.00 bits per heavy atom. The van der Waals surface area contributed by atoms with Crippen LogP contribution in [-0.2, 0) is 9.05 Å². The summed E-state index contributed by atoms with van der Waals surface area (Å²) in [6, 6.07) is 4.65. The zero-order valence-electron chi connectivity index (χ0n) is 10.9. The molecule has 1 amide bonds. The molecule has 1 aliphatic rings. The molecule has 2 rings (SSSR count). The van der Waals surface area contributed by atoms with E-state index in [1.807, 2.05) is 0 Å². The predicted molar refractivity (Wildman–Crippen MR) is 74.0 cm³/mol. The molecule has 0 spiro atoms. The molecule has 0 bridgehead atoms. The van der Waals surface area contributed by atoms with Gasteiger partial charge in [0.2, 0.25) is 0 Å². The van der Waals surface area contributed by atoms with Gasteiger partial charge in [0.1, 0.15) is 0 Å². The lowest BCUT2D eigenvalue weighted by molar-refractivity contribution is 0.0651.